The smallest absolute Gasteiger partial charge is 0.261 e. The summed E-state index contributed by atoms with van der Waals surface area (Å²) in [6.07, 6.45) is 0. The molecule has 0 aliphatic carbocycles. The maximum atomic E-state index is 13.0. The van der Waals surface area contributed by atoms with Crippen molar-refractivity contribution in [3.05, 3.63) is 88.2 Å². The van der Waals surface area contributed by atoms with Crippen LogP contribution in [0, 0.1) is 5.82 Å². The normalized spacial score (nSPS) is 10.7. The Hall–Kier alpha value is -2.32. The van der Waals surface area contributed by atoms with Gasteiger partial charge in [0.25, 0.3) is 15.9 Å². The van der Waals surface area contributed by atoms with Crippen LogP contribution in [0.2, 0.25) is 10.0 Å². The maximum absolute atomic E-state index is 13.0. The third-order valence-corrected chi connectivity index (χ3v) is 5.75. The van der Waals surface area contributed by atoms with Gasteiger partial charge in [0.2, 0.25) is 0 Å². The van der Waals surface area contributed by atoms with Crippen LogP contribution in [0.1, 0.15) is 10.4 Å². The second-order valence-corrected chi connectivity index (χ2v) is 8.18. The number of nitrogens with one attached hydrogen (secondary N) is 2. The van der Waals surface area contributed by atoms with Crippen LogP contribution in [-0.4, -0.2) is 14.3 Å². The molecular weight excluding hydrogens is 462 g/mol. The van der Waals surface area contributed by atoms with Crippen LogP contribution in [0.3, 0.4) is 0 Å². The van der Waals surface area contributed by atoms with Gasteiger partial charge in [-0.25, -0.2) is 12.8 Å². The van der Waals surface area contributed by atoms with Crippen molar-refractivity contribution in [2.75, 3.05) is 10.0 Å². The molecule has 0 radical (unpaired) electrons. The number of carbonyl (C=O) groups is 1. The van der Waals surface area contributed by atoms with Gasteiger partial charge >= 0.3 is 0 Å². The van der Waals surface area contributed by atoms with Gasteiger partial charge in [0.05, 0.1) is 26.2 Å². The lowest BCUT2D eigenvalue weighted by molar-refractivity contribution is 0.102. The Kier molecular flexibility index (Phi) is 7.48. The summed E-state index contributed by atoms with van der Waals surface area (Å²) in [5.41, 5.74) is 0.505. The molecule has 3 rings (SSSR count). The van der Waals surface area contributed by atoms with Crippen molar-refractivity contribution in [1.82, 2.24) is 0 Å². The van der Waals surface area contributed by atoms with Gasteiger partial charge in [-0.3, -0.25) is 9.52 Å². The fourth-order valence-electron chi connectivity index (χ4n) is 2.33. The quantitative estimate of drug-likeness (QED) is 0.504. The van der Waals surface area contributed by atoms with E-state index in [-0.39, 0.29) is 33.6 Å². The van der Waals surface area contributed by atoms with E-state index < -0.39 is 21.7 Å². The molecule has 0 atom stereocenters. The molecular formula is C19H14Cl3FN2O3S. The van der Waals surface area contributed by atoms with Crippen LogP contribution in [0.25, 0.3) is 0 Å². The van der Waals surface area contributed by atoms with Crippen molar-refractivity contribution in [3.8, 4) is 0 Å². The number of para-hydroxylation sites is 1. The van der Waals surface area contributed by atoms with Gasteiger partial charge in [-0.15, -0.1) is 12.4 Å². The monoisotopic (exact) mass is 474 g/mol. The number of anilines is 2. The Labute approximate surface area is 183 Å². The maximum Gasteiger partial charge on any atom is 0.261 e. The summed E-state index contributed by atoms with van der Waals surface area (Å²) in [7, 11) is -4.02. The van der Waals surface area contributed by atoms with Crippen molar-refractivity contribution in [1.29, 1.82) is 0 Å². The van der Waals surface area contributed by atoms with Crippen LogP contribution < -0.4 is 10.0 Å². The van der Waals surface area contributed by atoms with E-state index in [4.69, 9.17) is 23.2 Å². The molecule has 0 bridgehead atoms. The summed E-state index contributed by atoms with van der Waals surface area (Å²) in [4.78, 5) is 12.4. The highest BCUT2D eigenvalue weighted by Gasteiger charge is 2.19. The fraction of sp³-hybridized carbons (Fsp3) is 0. The average molecular weight is 476 g/mol. The first-order valence-electron chi connectivity index (χ1n) is 7.90. The summed E-state index contributed by atoms with van der Waals surface area (Å²) in [6.45, 7) is 0. The van der Waals surface area contributed by atoms with Crippen LogP contribution in [0.15, 0.2) is 71.6 Å². The molecule has 0 saturated carbocycles. The standard InChI is InChI=1S/C19H13Cl2FN2O3S.ClH/c20-16-10-9-14(28(26,27)24-13-7-5-12(22)6-8-13)11-15(16)19(25)23-18-4-2-1-3-17(18)21;/h1-11,24H,(H,23,25);1H. The van der Waals surface area contributed by atoms with Crippen LogP contribution in [-0.2, 0) is 10.0 Å². The number of benzene rings is 3. The SMILES string of the molecule is Cl.O=C(Nc1ccccc1Cl)c1cc(S(=O)(=O)Nc2ccc(F)cc2)ccc1Cl. The molecule has 2 N–H and O–H groups in total. The van der Waals surface area contributed by atoms with E-state index in [1.807, 2.05) is 0 Å². The molecule has 0 saturated heterocycles. The van der Waals surface area contributed by atoms with Gasteiger partial charge in [-0.2, -0.15) is 0 Å². The number of halogens is 4. The third kappa shape index (κ3) is 5.61. The van der Waals surface area contributed by atoms with Crippen molar-refractivity contribution >= 4 is 62.9 Å². The minimum Gasteiger partial charge on any atom is -0.321 e. The molecule has 29 heavy (non-hydrogen) atoms. The number of hydrogen-bond donors (Lipinski definition) is 2. The molecule has 0 unspecified atom stereocenters. The Bertz CT molecular complexity index is 1140. The number of hydrogen-bond acceptors (Lipinski definition) is 3. The highest BCUT2D eigenvalue weighted by Crippen LogP contribution is 2.26. The number of carbonyl (C=O) groups excluding carboxylic acids is 1. The van der Waals surface area contributed by atoms with E-state index >= 15 is 0 Å². The number of rotatable bonds is 5. The highest BCUT2D eigenvalue weighted by atomic mass is 35.5. The van der Waals surface area contributed by atoms with Crippen molar-refractivity contribution in [2.45, 2.75) is 4.90 Å². The first-order valence-corrected chi connectivity index (χ1v) is 10.1. The molecule has 3 aromatic rings. The Morgan fingerprint density at radius 2 is 1.55 bits per heavy atom. The minimum absolute atomic E-state index is 0. The Morgan fingerprint density at radius 3 is 2.21 bits per heavy atom. The first kappa shape index (κ1) is 23.0. The number of amides is 1. The summed E-state index contributed by atoms with van der Waals surface area (Å²) in [5, 5.41) is 2.99. The van der Waals surface area contributed by atoms with Crippen LogP contribution >= 0.6 is 35.6 Å². The van der Waals surface area contributed by atoms with E-state index in [0.717, 1.165) is 18.2 Å². The van der Waals surface area contributed by atoms with E-state index in [1.165, 1.54) is 24.3 Å². The van der Waals surface area contributed by atoms with Crippen LogP contribution in [0.5, 0.6) is 0 Å². The molecule has 0 spiro atoms. The summed E-state index contributed by atoms with van der Waals surface area (Å²) in [6, 6.07) is 15.2. The van der Waals surface area contributed by atoms with Gasteiger partial charge < -0.3 is 5.32 Å². The van der Waals surface area contributed by atoms with Gasteiger partial charge in [0.15, 0.2) is 0 Å². The average Bonchev–Trinajstić information content (AvgIpc) is 2.65. The lowest BCUT2D eigenvalue weighted by atomic mass is 10.2. The minimum atomic E-state index is -4.02. The van der Waals surface area contributed by atoms with E-state index in [1.54, 1.807) is 24.3 Å². The molecule has 0 aliphatic rings. The highest BCUT2D eigenvalue weighted by molar-refractivity contribution is 7.92. The molecule has 0 fully saturated rings. The Balaban J connectivity index is 0.00000300. The molecule has 1 amide bonds. The molecule has 152 valence electrons. The summed E-state index contributed by atoms with van der Waals surface area (Å²) in [5.74, 6) is -1.11. The zero-order valence-electron chi connectivity index (χ0n) is 14.5. The zero-order valence-corrected chi connectivity index (χ0v) is 17.7. The molecule has 0 heterocycles. The van der Waals surface area contributed by atoms with Gasteiger partial charge in [-0.1, -0.05) is 35.3 Å². The molecule has 0 aliphatic heterocycles. The fourth-order valence-corrected chi connectivity index (χ4v) is 3.80. The van der Waals surface area contributed by atoms with E-state index in [9.17, 15) is 17.6 Å². The topological polar surface area (TPSA) is 75.3 Å². The third-order valence-electron chi connectivity index (χ3n) is 3.71. The van der Waals surface area contributed by atoms with Gasteiger partial charge in [0, 0.05) is 5.69 Å². The Morgan fingerprint density at radius 1 is 0.897 bits per heavy atom. The van der Waals surface area contributed by atoms with Crippen molar-refractivity contribution in [2.24, 2.45) is 0 Å². The molecule has 3 aromatic carbocycles. The lowest BCUT2D eigenvalue weighted by Crippen LogP contribution is -2.16. The van der Waals surface area contributed by atoms with Crippen molar-refractivity contribution in [3.63, 3.8) is 0 Å². The lowest BCUT2D eigenvalue weighted by Gasteiger charge is -2.12. The predicted octanol–water partition coefficient (Wildman–Crippen LogP) is 5.61. The van der Waals surface area contributed by atoms with Gasteiger partial charge in [-0.05, 0) is 54.6 Å². The predicted molar refractivity (Wildman–Crippen MR) is 115 cm³/mol. The largest absolute Gasteiger partial charge is 0.321 e. The second kappa shape index (κ2) is 9.45. The number of sulfonamides is 1. The summed E-state index contributed by atoms with van der Waals surface area (Å²) < 4.78 is 40.5. The zero-order chi connectivity index (χ0) is 20.3. The summed E-state index contributed by atoms with van der Waals surface area (Å²) >= 11 is 12.1. The van der Waals surface area contributed by atoms with E-state index in [0.29, 0.717) is 10.7 Å². The van der Waals surface area contributed by atoms with Crippen LogP contribution in [0.4, 0.5) is 15.8 Å². The molecule has 0 aromatic heterocycles. The van der Waals surface area contributed by atoms with E-state index in [2.05, 4.69) is 10.0 Å². The first-order chi connectivity index (χ1) is 13.3. The van der Waals surface area contributed by atoms with Crippen molar-refractivity contribution < 1.29 is 17.6 Å². The molecule has 10 heteroatoms. The molecule has 5 nitrogen and oxygen atoms in total. The second-order valence-electron chi connectivity index (χ2n) is 5.69. The van der Waals surface area contributed by atoms with Gasteiger partial charge in [0.1, 0.15) is 5.82 Å².